The number of Topliss-reactive ketones (excluding diaryl/α,β-unsaturated/α-hetero) is 1. The summed E-state index contributed by atoms with van der Waals surface area (Å²) in [4.78, 5) is 15.3. The van der Waals surface area contributed by atoms with Crippen LogP contribution in [0.2, 0.25) is 0 Å². The van der Waals surface area contributed by atoms with E-state index in [9.17, 15) is 4.79 Å². The van der Waals surface area contributed by atoms with E-state index in [0.717, 1.165) is 5.75 Å². The summed E-state index contributed by atoms with van der Waals surface area (Å²) in [6.45, 7) is 2.93. The molecule has 0 amide bonds. The van der Waals surface area contributed by atoms with Crippen LogP contribution in [0.3, 0.4) is 0 Å². The predicted octanol–water partition coefficient (Wildman–Crippen LogP) is 2.21. The highest BCUT2D eigenvalue weighted by Gasteiger charge is 2.10. The minimum absolute atomic E-state index is 0.0409. The molecule has 1 N–H and O–H groups in total. The number of hydrogen-bond acceptors (Lipinski definition) is 5. The lowest BCUT2D eigenvalue weighted by Crippen LogP contribution is -2.19. The van der Waals surface area contributed by atoms with E-state index in [4.69, 9.17) is 9.94 Å². The minimum Gasteiger partial charge on any atom is -0.497 e. The number of aliphatic imine (C=N–C) groups is 1. The van der Waals surface area contributed by atoms with Crippen molar-refractivity contribution in [2.24, 2.45) is 10.1 Å². The van der Waals surface area contributed by atoms with Gasteiger partial charge in [-0.05, 0) is 31.2 Å². The van der Waals surface area contributed by atoms with E-state index in [1.165, 1.54) is 6.92 Å². The zero-order valence-corrected chi connectivity index (χ0v) is 9.97. The number of carbonyl (C=O) groups excluding carboxylic acids is 1. The summed E-state index contributed by atoms with van der Waals surface area (Å²) in [7, 11) is 1.58. The Hall–Kier alpha value is -2.17. The number of benzene rings is 1. The maximum absolute atomic E-state index is 11.1. The van der Waals surface area contributed by atoms with Gasteiger partial charge in [0.1, 0.15) is 5.75 Å². The molecule has 0 saturated carbocycles. The fraction of sp³-hybridized carbons (Fsp3) is 0.250. The Bertz CT molecular complexity index is 461. The SMILES string of the molecule is COc1ccc(N=C(C)C(=NO)C(C)=O)cc1. The van der Waals surface area contributed by atoms with Gasteiger partial charge in [-0.15, -0.1) is 0 Å². The fourth-order valence-electron chi connectivity index (χ4n) is 1.30. The highest BCUT2D eigenvalue weighted by molar-refractivity contribution is 6.66. The highest BCUT2D eigenvalue weighted by Crippen LogP contribution is 2.17. The molecule has 5 nitrogen and oxygen atoms in total. The van der Waals surface area contributed by atoms with Gasteiger partial charge in [-0.1, -0.05) is 5.16 Å². The zero-order chi connectivity index (χ0) is 12.8. The van der Waals surface area contributed by atoms with Gasteiger partial charge in [0.15, 0.2) is 11.5 Å². The molecule has 0 aliphatic carbocycles. The third-order valence-electron chi connectivity index (χ3n) is 2.15. The van der Waals surface area contributed by atoms with Gasteiger partial charge < -0.3 is 9.94 Å². The van der Waals surface area contributed by atoms with E-state index in [-0.39, 0.29) is 11.5 Å². The highest BCUT2D eigenvalue weighted by atomic mass is 16.5. The Balaban J connectivity index is 2.97. The van der Waals surface area contributed by atoms with Gasteiger partial charge in [0, 0.05) is 6.92 Å². The van der Waals surface area contributed by atoms with Crippen LogP contribution < -0.4 is 4.74 Å². The van der Waals surface area contributed by atoms with Crippen molar-refractivity contribution in [3.63, 3.8) is 0 Å². The first-order valence-electron chi connectivity index (χ1n) is 5.01. The Morgan fingerprint density at radius 2 is 1.82 bits per heavy atom. The molecule has 0 saturated heterocycles. The normalized spacial score (nSPS) is 12.4. The summed E-state index contributed by atoms with van der Waals surface area (Å²) in [6.07, 6.45) is 0. The molecule has 90 valence electrons. The maximum Gasteiger partial charge on any atom is 0.183 e. The van der Waals surface area contributed by atoms with Crippen LogP contribution >= 0.6 is 0 Å². The van der Waals surface area contributed by atoms with Crippen LogP contribution in [0.25, 0.3) is 0 Å². The molecule has 0 radical (unpaired) electrons. The number of hydrogen-bond donors (Lipinski definition) is 1. The quantitative estimate of drug-likeness (QED) is 0.493. The van der Waals surface area contributed by atoms with Crippen LogP contribution in [-0.4, -0.2) is 29.5 Å². The van der Waals surface area contributed by atoms with Gasteiger partial charge in [-0.2, -0.15) is 0 Å². The van der Waals surface area contributed by atoms with Crippen molar-refractivity contribution in [3.05, 3.63) is 24.3 Å². The molecule has 1 rings (SSSR count). The molecular formula is C12H14N2O3. The van der Waals surface area contributed by atoms with Crippen LogP contribution in [0, 0.1) is 0 Å². The van der Waals surface area contributed by atoms with Gasteiger partial charge in [0.2, 0.25) is 0 Å². The lowest BCUT2D eigenvalue weighted by atomic mass is 10.2. The van der Waals surface area contributed by atoms with Gasteiger partial charge in [0.25, 0.3) is 0 Å². The van der Waals surface area contributed by atoms with Gasteiger partial charge in [-0.3, -0.25) is 9.79 Å². The summed E-state index contributed by atoms with van der Waals surface area (Å²) < 4.78 is 5.01. The van der Waals surface area contributed by atoms with E-state index >= 15 is 0 Å². The lowest BCUT2D eigenvalue weighted by molar-refractivity contribution is -0.111. The Labute approximate surface area is 99.4 Å². The summed E-state index contributed by atoms with van der Waals surface area (Å²) in [5.74, 6) is 0.395. The number of ether oxygens (including phenoxy) is 1. The Morgan fingerprint density at radius 1 is 1.24 bits per heavy atom. The first kappa shape index (κ1) is 12.9. The van der Waals surface area contributed by atoms with E-state index < -0.39 is 0 Å². The van der Waals surface area contributed by atoms with Crippen LogP contribution in [0.4, 0.5) is 5.69 Å². The molecule has 1 aromatic carbocycles. The molecule has 0 aromatic heterocycles. The van der Waals surface area contributed by atoms with Crippen molar-refractivity contribution in [1.29, 1.82) is 0 Å². The van der Waals surface area contributed by atoms with E-state index in [2.05, 4.69) is 10.1 Å². The minimum atomic E-state index is -0.331. The van der Waals surface area contributed by atoms with Gasteiger partial charge in [-0.25, -0.2) is 0 Å². The number of rotatable bonds is 4. The fourth-order valence-corrected chi connectivity index (χ4v) is 1.30. The number of nitrogens with zero attached hydrogens (tertiary/aromatic N) is 2. The Kier molecular flexibility index (Phi) is 4.39. The molecule has 0 spiro atoms. The maximum atomic E-state index is 11.1. The molecule has 0 unspecified atom stereocenters. The van der Waals surface area contributed by atoms with Crippen molar-refractivity contribution in [1.82, 2.24) is 0 Å². The topological polar surface area (TPSA) is 71.2 Å². The number of oxime groups is 1. The molecule has 0 aliphatic heterocycles. The largest absolute Gasteiger partial charge is 0.497 e. The molecule has 0 fully saturated rings. The molecule has 0 heterocycles. The van der Waals surface area contributed by atoms with Crippen LogP contribution in [0.15, 0.2) is 34.4 Å². The summed E-state index contributed by atoms with van der Waals surface area (Å²) in [5, 5.41) is 11.6. The summed E-state index contributed by atoms with van der Waals surface area (Å²) in [6, 6.07) is 7.01. The summed E-state index contributed by atoms with van der Waals surface area (Å²) >= 11 is 0. The predicted molar refractivity (Wildman–Crippen MR) is 65.7 cm³/mol. The molecule has 0 atom stereocenters. The average Bonchev–Trinajstić information content (AvgIpc) is 2.30. The molecule has 1 aromatic rings. The number of ketones is 1. The standard InChI is InChI=1S/C12H14N2O3/c1-8(12(14-16)9(2)15)13-10-4-6-11(17-3)7-5-10/h4-7,16H,1-3H3. The second kappa shape index (κ2) is 5.79. The van der Waals surface area contributed by atoms with Crippen molar-refractivity contribution >= 4 is 22.9 Å². The van der Waals surface area contributed by atoms with Crippen LogP contribution in [-0.2, 0) is 4.79 Å². The van der Waals surface area contributed by atoms with Gasteiger partial charge in [0.05, 0.1) is 18.5 Å². The molecular weight excluding hydrogens is 220 g/mol. The molecule has 0 bridgehead atoms. The van der Waals surface area contributed by atoms with E-state index in [1.54, 1.807) is 38.3 Å². The lowest BCUT2D eigenvalue weighted by Gasteiger charge is -2.02. The third-order valence-corrected chi connectivity index (χ3v) is 2.15. The monoisotopic (exact) mass is 234 g/mol. The molecule has 17 heavy (non-hydrogen) atoms. The van der Waals surface area contributed by atoms with Crippen molar-refractivity contribution in [2.75, 3.05) is 7.11 Å². The molecule has 0 aliphatic rings. The molecule has 5 heteroatoms. The number of carbonyl (C=O) groups is 1. The zero-order valence-electron chi connectivity index (χ0n) is 9.97. The average molecular weight is 234 g/mol. The second-order valence-electron chi connectivity index (χ2n) is 3.40. The third kappa shape index (κ3) is 3.41. The van der Waals surface area contributed by atoms with Crippen molar-refractivity contribution in [3.8, 4) is 5.75 Å². The first-order valence-corrected chi connectivity index (χ1v) is 5.01. The van der Waals surface area contributed by atoms with Crippen molar-refractivity contribution < 1.29 is 14.7 Å². The van der Waals surface area contributed by atoms with Crippen molar-refractivity contribution in [2.45, 2.75) is 13.8 Å². The second-order valence-corrected chi connectivity index (χ2v) is 3.40. The number of methoxy groups -OCH3 is 1. The van der Waals surface area contributed by atoms with Crippen LogP contribution in [0.5, 0.6) is 5.75 Å². The van der Waals surface area contributed by atoms with Crippen LogP contribution in [0.1, 0.15) is 13.8 Å². The van der Waals surface area contributed by atoms with E-state index in [1.807, 2.05) is 0 Å². The Morgan fingerprint density at radius 3 is 2.24 bits per heavy atom. The smallest absolute Gasteiger partial charge is 0.183 e. The first-order chi connectivity index (χ1) is 8.08. The summed E-state index contributed by atoms with van der Waals surface area (Å²) in [5.41, 5.74) is 0.983. The van der Waals surface area contributed by atoms with Gasteiger partial charge >= 0.3 is 0 Å². The van der Waals surface area contributed by atoms with E-state index in [0.29, 0.717) is 11.4 Å².